The van der Waals surface area contributed by atoms with Crippen molar-refractivity contribution >= 4 is 27.7 Å². The van der Waals surface area contributed by atoms with Crippen molar-refractivity contribution in [3.8, 4) is 5.69 Å². The monoisotopic (exact) mass is 387 g/mol. The predicted molar refractivity (Wildman–Crippen MR) is 86.0 cm³/mol. The minimum absolute atomic E-state index is 0.318. The van der Waals surface area contributed by atoms with Gasteiger partial charge in [0.05, 0.1) is 11.3 Å². The largest absolute Gasteiger partial charge is 0.271 e. The maximum atomic E-state index is 12.0. The van der Waals surface area contributed by atoms with Crippen molar-refractivity contribution < 1.29 is 9.59 Å². The lowest BCUT2D eigenvalue weighted by atomic mass is 10.2. The maximum Gasteiger partial charge on any atom is 0.271 e. The van der Waals surface area contributed by atoms with Crippen LogP contribution in [0.15, 0.2) is 53.5 Å². The molecule has 2 amide bonds. The summed E-state index contributed by atoms with van der Waals surface area (Å²) in [5.41, 5.74) is 6.07. The van der Waals surface area contributed by atoms with Crippen LogP contribution in [-0.2, 0) is 0 Å². The number of pyridine rings is 1. The normalized spacial score (nSPS) is 10.2. The first kappa shape index (κ1) is 15.7. The molecule has 0 unspecified atom stereocenters. The van der Waals surface area contributed by atoms with Gasteiger partial charge in [0.1, 0.15) is 6.33 Å². The molecular weight excluding hydrogens is 378 g/mol. The number of hydrazine groups is 1. The van der Waals surface area contributed by atoms with E-state index in [0.717, 1.165) is 0 Å². The molecule has 0 spiro atoms. The van der Waals surface area contributed by atoms with Crippen LogP contribution < -0.4 is 10.9 Å². The molecule has 0 bridgehead atoms. The minimum Gasteiger partial charge on any atom is -0.267 e. The summed E-state index contributed by atoms with van der Waals surface area (Å²) in [7, 11) is 0. The molecular formula is C14H10BrN7O2. The highest BCUT2D eigenvalue weighted by Crippen LogP contribution is 2.09. The molecule has 0 atom stereocenters. The molecule has 0 aliphatic rings. The number of carbonyl (C=O) groups is 2. The Bertz CT molecular complexity index is 865. The van der Waals surface area contributed by atoms with Crippen LogP contribution in [0.2, 0.25) is 0 Å². The number of rotatable bonds is 3. The summed E-state index contributed by atoms with van der Waals surface area (Å²) in [6.45, 7) is 0. The fraction of sp³-hybridized carbons (Fsp3) is 0. The number of hydrogen-bond acceptors (Lipinski definition) is 6. The van der Waals surface area contributed by atoms with Gasteiger partial charge >= 0.3 is 0 Å². The Labute approximate surface area is 144 Å². The van der Waals surface area contributed by atoms with Crippen molar-refractivity contribution in [2.75, 3.05) is 0 Å². The van der Waals surface area contributed by atoms with E-state index in [9.17, 15) is 9.59 Å². The van der Waals surface area contributed by atoms with Crippen molar-refractivity contribution in [1.29, 1.82) is 0 Å². The second kappa shape index (κ2) is 6.96. The third kappa shape index (κ3) is 3.60. The second-order valence-electron chi connectivity index (χ2n) is 4.60. The van der Waals surface area contributed by atoms with Gasteiger partial charge in [0.25, 0.3) is 11.8 Å². The highest BCUT2D eigenvalue weighted by atomic mass is 79.9. The van der Waals surface area contributed by atoms with Crippen molar-refractivity contribution in [2.45, 2.75) is 0 Å². The van der Waals surface area contributed by atoms with Gasteiger partial charge in [-0.3, -0.25) is 25.4 Å². The van der Waals surface area contributed by atoms with Crippen LogP contribution >= 0.6 is 15.9 Å². The highest BCUT2D eigenvalue weighted by molar-refractivity contribution is 9.10. The molecule has 0 radical (unpaired) electrons. The van der Waals surface area contributed by atoms with Gasteiger partial charge in [0.2, 0.25) is 0 Å². The number of aromatic nitrogens is 5. The summed E-state index contributed by atoms with van der Waals surface area (Å²) in [4.78, 5) is 27.9. The van der Waals surface area contributed by atoms with Gasteiger partial charge in [-0.15, -0.1) is 5.10 Å². The highest BCUT2D eigenvalue weighted by Gasteiger charge is 2.10. The van der Waals surface area contributed by atoms with E-state index in [-0.39, 0.29) is 0 Å². The Balaban J connectivity index is 1.62. The second-order valence-corrected chi connectivity index (χ2v) is 5.52. The Morgan fingerprint density at radius 2 is 1.71 bits per heavy atom. The summed E-state index contributed by atoms with van der Waals surface area (Å²) in [5.74, 6) is -0.919. The zero-order valence-corrected chi connectivity index (χ0v) is 13.6. The quantitative estimate of drug-likeness (QED) is 0.645. The number of hydrogen-bond donors (Lipinski definition) is 2. The van der Waals surface area contributed by atoms with Crippen molar-refractivity contribution in [3.63, 3.8) is 0 Å². The lowest BCUT2D eigenvalue weighted by Crippen LogP contribution is -2.41. The van der Waals surface area contributed by atoms with Crippen molar-refractivity contribution in [2.24, 2.45) is 0 Å². The van der Waals surface area contributed by atoms with Crippen LogP contribution in [0.1, 0.15) is 20.7 Å². The third-order valence-corrected chi connectivity index (χ3v) is 3.43. The van der Waals surface area contributed by atoms with Gasteiger partial charge in [-0.2, -0.15) is 0 Å². The van der Waals surface area contributed by atoms with Gasteiger partial charge in [0, 0.05) is 22.4 Å². The van der Waals surface area contributed by atoms with Crippen LogP contribution in [0.5, 0.6) is 0 Å². The van der Waals surface area contributed by atoms with E-state index in [1.165, 1.54) is 17.2 Å². The average molecular weight is 388 g/mol. The molecule has 10 heteroatoms. The molecule has 120 valence electrons. The lowest BCUT2D eigenvalue weighted by molar-refractivity contribution is 0.0846. The predicted octanol–water partition coefficient (Wildman–Crippen LogP) is 0.895. The van der Waals surface area contributed by atoms with E-state index in [4.69, 9.17) is 0 Å². The number of benzene rings is 1. The SMILES string of the molecule is O=C(NNC(=O)c1cncc(Br)c1)c1ccc(-n2cnnn2)cc1. The number of nitrogens with one attached hydrogen (secondary N) is 2. The standard InChI is InChI=1S/C14H10BrN7O2/c15-11-5-10(6-16-7-11)14(24)19-18-13(23)9-1-3-12(4-2-9)22-8-17-20-21-22/h1-8H,(H,18,23)(H,19,24). The Morgan fingerprint density at radius 3 is 2.33 bits per heavy atom. The number of amides is 2. The zero-order chi connectivity index (χ0) is 16.9. The molecule has 2 heterocycles. The zero-order valence-electron chi connectivity index (χ0n) is 12.0. The van der Waals surface area contributed by atoms with E-state index in [1.807, 2.05) is 0 Å². The summed E-state index contributed by atoms with van der Waals surface area (Å²) in [5, 5.41) is 10.8. The van der Waals surface area contributed by atoms with Gasteiger partial charge in [-0.1, -0.05) is 0 Å². The summed E-state index contributed by atoms with van der Waals surface area (Å²) in [6, 6.07) is 8.16. The summed E-state index contributed by atoms with van der Waals surface area (Å²) < 4.78 is 2.13. The van der Waals surface area contributed by atoms with E-state index in [1.54, 1.807) is 36.5 Å². The summed E-state index contributed by atoms with van der Waals surface area (Å²) in [6.07, 6.45) is 4.40. The van der Waals surface area contributed by atoms with E-state index >= 15 is 0 Å². The van der Waals surface area contributed by atoms with Crippen LogP contribution in [-0.4, -0.2) is 37.0 Å². The number of carbonyl (C=O) groups excluding carboxylic acids is 2. The molecule has 0 aliphatic heterocycles. The average Bonchev–Trinajstić information content (AvgIpc) is 3.14. The Morgan fingerprint density at radius 1 is 1.00 bits per heavy atom. The molecule has 0 fully saturated rings. The van der Waals surface area contributed by atoms with Crippen LogP contribution in [0.4, 0.5) is 0 Å². The first-order chi connectivity index (χ1) is 11.6. The summed E-state index contributed by atoms with van der Waals surface area (Å²) >= 11 is 3.22. The number of halogens is 1. The number of nitrogens with zero attached hydrogens (tertiary/aromatic N) is 5. The fourth-order valence-corrected chi connectivity index (χ4v) is 2.20. The molecule has 0 aliphatic carbocycles. The van der Waals surface area contributed by atoms with Crippen molar-refractivity contribution in [3.05, 3.63) is 64.7 Å². The number of tetrazole rings is 1. The van der Waals surface area contributed by atoms with E-state index in [2.05, 4.69) is 47.3 Å². The fourth-order valence-electron chi connectivity index (χ4n) is 1.84. The van der Waals surface area contributed by atoms with Gasteiger partial charge in [-0.25, -0.2) is 4.68 Å². The van der Waals surface area contributed by atoms with Crippen LogP contribution in [0.3, 0.4) is 0 Å². The first-order valence-electron chi connectivity index (χ1n) is 6.68. The molecule has 2 aromatic heterocycles. The van der Waals surface area contributed by atoms with Gasteiger partial charge in [-0.05, 0) is 56.7 Å². The molecule has 24 heavy (non-hydrogen) atoms. The molecule has 3 rings (SSSR count). The topological polar surface area (TPSA) is 115 Å². The van der Waals surface area contributed by atoms with E-state index in [0.29, 0.717) is 21.3 Å². The van der Waals surface area contributed by atoms with Crippen LogP contribution in [0.25, 0.3) is 5.69 Å². The third-order valence-electron chi connectivity index (χ3n) is 3.00. The molecule has 1 aromatic carbocycles. The Hall–Kier alpha value is -3.14. The smallest absolute Gasteiger partial charge is 0.267 e. The molecule has 3 aromatic rings. The lowest BCUT2D eigenvalue weighted by Gasteiger charge is -2.08. The van der Waals surface area contributed by atoms with Crippen LogP contribution in [0, 0.1) is 0 Å². The Kier molecular flexibility index (Phi) is 4.57. The van der Waals surface area contributed by atoms with E-state index < -0.39 is 11.8 Å². The molecule has 9 nitrogen and oxygen atoms in total. The molecule has 0 saturated heterocycles. The van der Waals surface area contributed by atoms with Gasteiger partial charge < -0.3 is 0 Å². The maximum absolute atomic E-state index is 12.0. The first-order valence-corrected chi connectivity index (χ1v) is 7.47. The van der Waals surface area contributed by atoms with Crippen molar-refractivity contribution in [1.82, 2.24) is 36.0 Å². The molecule has 0 saturated carbocycles. The minimum atomic E-state index is -0.470. The van der Waals surface area contributed by atoms with Gasteiger partial charge in [0.15, 0.2) is 0 Å². The molecule has 2 N–H and O–H groups in total.